The van der Waals surface area contributed by atoms with Crippen molar-refractivity contribution in [3.05, 3.63) is 63.6 Å². The average Bonchev–Trinajstić information content (AvgIpc) is 2.44. The number of benzene rings is 1. The lowest BCUT2D eigenvalue weighted by atomic mass is 10.1. The minimum Gasteiger partial charge on any atom is -0.481 e. The van der Waals surface area contributed by atoms with Gasteiger partial charge in [-0.3, -0.25) is 14.4 Å². The van der Waals surface area contributed by atoms with Crippen LogP contribution in [0.15, 0.2) is 41.2 Å². The maximum Gasteiger partial charge on any atom is 0.307 e. The summed E-state index contributed by atoms with van der Waals surface area (Å²) in [5.74, 6) is -1.11. The first-order chi connectivity index (χ1) is 10.8. The van der Waals surface area contributed by atoms with Gasteiger partial charge in [0.25, 0.3) is 0 Å². The van der Waals surface area contributed by atoms with Crippen molar-refractivity contribution in [3.8, 4) is 0 Å². The zero-order valence-corrected chi connectivity index (χ0v) is 13.0. The van der Waals surface area contributed by atoms with Crippen LogP contribution >= 0.6 is 0 Å². The number of carbonyl (C=O) groups excluding carboxylic acids is 1. The third kappa shape index (κ3) is 4.54. The van der Waals surface area contributed by atoms with E-state index in [-0.39, 0.29) is 24.3 Å². The van der Waals surface area contributed by atoms with Gasteiger partial charge >= 0.3 is 5.97 Å². The second-order valence-electron chi connectivity index (χ2n) is 5.38. The van der Waals surface area contributed by atoms with Crippen molar-refractivity contribution >= 4 is 17.6 Å². The molecule has 1 amide bonds. The highest BCUT2D eigenvalue weighted by Gasteiger charge is 2.08. The van der Waals surface area contributed by atoms with Gasteiger partial charge in [-0.05, 0) is 31.5 Å². The highest BCUT2D eigenvalue weighted by atomic mass is 16.4. The number of carboxylic acid groups (broad SMARTS) is 1. The Morgan fingerprint density at radius 3 is 2.17 bits per heavy atom. The van der Waals surface area contributed by atoms with Crippen molar-refractivity contribution in [2.24, 2.45) is 0 Å². The summed E-state index contributed by atoms with van der Waals surface area (Å²) in [5, 5.41) is 11.5. The first-order valence-electron chi connectivity index (χ1n) is 7.14. The number of hydrogen-bond donors (Lipinski definition) is 2. The third-order valence-corrected chi connectivity index (χ3v) is 3.45. The van der Waals surface area contributed by atoms with Crippen LogP contribution in [0.5, 0.6) is 0 Å². The lowest BCUT2D eigenvalue weighted by Gasteiger charge is -2.14. The largest absolute Gasteiger partial charge is 0.481 e. The molecule has 6 heteroatoms. The van der Waals surface area contributed by atoms with E-state index in [4.69, 9.17) is 5.11 Å². The number of carboxylic acids is 1. The minimum absolute atomic E-state index is 0.0516. The number of anilines is 1. The number of hydrogen-bond acceptors (Lipinski definition) is 3. The van der Waals surface area contributed by atoms with Crippen LogP contribution in [-0.4, -0.2) is 21.6 Å². The van der Waals surface area contributed by atoms with E-state index in [1.807, 2.05) is 0 Å². The summed E-state index contributed by atoms with van der Waals surface area (Å²) in [7, 11) is 0. The van der Waals surface area contributed by atoms with Crippen LogP contribution in [0.25, 0.3) is 0 Å². The van der Waals surface area contributed by atoms with Gasteiger partial charge in [0, 0.05) is 29.2 Å². The van der Waals surface area contributed by atoms with E-state index in [2.05, 4.69) is 5.32 Å². The summed E-state index contributed by atoms with van der Waals surface area (Å²) < 4.78 is 1.76. The van der Waals surface area contributed by atoms with Crippen molar-refractivity contribution < 1.29 is 14.7 Å². The maximum atomic E-state index is 12.1. The van der Waals surface area contributed by atoms with Crippen LogP contribution in [0.4, 0.5) is 5.69 Å². The van der Waals surface area contributed by atoms with E-state index in [9.17, 15) is 14.4 Å². The molecule has 0 aliphatic carbocycles. The first kappa shape index (κ1) is 16.5. The maximum absolute atomic E-state index is 12.1. The number of nitrogens with zero attached hydrogens (tertiary/aromatic N) is 1. The molecule has 0 atom stereocenters. The van der Waals surface area contributed by atoms with Gasteiger partial charge in [-0.1, -0.05) is 12.1 Å². The number of aromatic nitrogens is 1. The fourth-order valence-corrected chi connectivity index (χ4v) is 2.36. The normalized spacial score (nSPS) is 10.3. The van der Waals surface area contributed by atoms with Gasteiger partial charge in [0.2, 0.25) is 5.91 Å². The quantitative estimate of drug-likeness (QED) is 0.879. The van der Waals surface area contributed by atoms with Gasteiger partial charge in [0.05, 0.1) is 6.42 Å². The molecular formula is C17H18N2O4. The van der Waals surface area contributed by atoms with Crippen LogP contribution in [-0.2, 0) is 22.6 Å². The molecule has 1 heterocycles. The molecule has 0 unspecified atom stereocenters. The van der Waals surface area contributed by atoms with E-state index in [0.717, 1.165) is 11.4 Å². The Hall–Kier alpha value is -2.89. The van der Waals surface area contributed by atoms with Crippen LogP contribution in [0, 0.1) is 13.8 Å². The van der Waals surface area contributed by atoms with E-state index in [0.29, 0.717) is 11.3 Å². The van der Waals surface area contributed by atoms with Gasteiger partial charge in [0.1, 0.15) is 6.54 Å². The molecule has 0 bridgehead atoms. The van der Waals surface area contributed by atoms with Crippen molar-refractivity contribution in [2.45, 2.75) is 26.8 Å². The number of aliphatic carboxylic acids is 1. The smallest absolute Gasteiger partial charge is 0.307 e. The summed E-state index contributed by atoms with van der Waals surface area (Å²) in [6.45, 7) is 3.67. The standard InChI is InChI=1S/C17H18N2O4/c1-11-7-15(20)8-12(2)19(11)10-16(21)18-14-5-3-13(4-6-14)9-17(22)23/h3-8H,9-10H2,1-2H3,(H,18,21)(H,22,23). The molecule has 2 aromatic rings. The number of aryl methyl sites for hydroxylation is 2. The van der Waals surface area contributed by atoms with Gasteiger partial charge in [0.15, 0.2) is 5.43 Å². The summed E-state index contributed by atoms with van der Waals surface area (Å²) >= 11 is 0. The molecule has 2 N–H and O–H groups in total. The van der Waals surface area contributed by atoms with Crippen LogP contribution in [0.3, 0.4) is 0 Å². The third-order valence-electron chi connectivity index (χ3n) is 3.45. The van der Waals surface area contributed by atoms with Gasteiger partial charge in [-0.2, -0.15) is 0 Å². The molecule has 1 aromatic carbocycles. The zero-order valence-electron chi connectivity index (χ0n) is 13.0. The van der Waals surface area contributed by atoms with E-state index in [1.54, 1.807) is 42.7 Å². The number of rotatable bonds is 5. The van der Waals surface area contributed by atoms with Crippen LogP contribution in [0.2, 0.25) is 0 Å². The SMILES string of the molecule is Cc1cc(=O)cc(C)n1CC(=O)Nc1ccc(CC(=O)O)cc1. The zero-order chi connectivity index (χ0) is 17.0. The molecule has 23 heavy (non-hydrogen) atoms. The molecule has 2 rings (SSSR count). The van der Waals surface area contributed by atoms with Crippen LogP contribution < -0.4 is 10.7 Å². The second-order valence-corrected chi connectivity index (χ2v) is 5.38. The Balaban J connectivity index is 2.05. The highest BCUT2D eigenvalue weighted by molar-refractivity contribution is 5.90. The summed E-state index contributed by atoms with van der Waals surface area (Å²) in [6.07, 6.45) is -0.0516. The molecule has 0 fully saturated rings. The molecule has 0 aliphatic rings. The van der Waals surface area contributed by atoms with Gasteiger partial charge in [-0.15, -0.1) is 0 Å². The van der Waals surface area contributed by atoms with Crippen molar-refractivity contribution in [3.63, 3.8) is 0 Å². The minimum atomic E-state index is -0.897. The van der Waals surface area contributed by atoms with Gasteiger partial charge < -0.3 is 15.0 Å². The Morgan fingerprint density at radius 1 is 1.09 bits per heavy atom. The Kier molecular flexibility index (Phi) is 4.95. The molecule has 0 spiro atoms. The molecule has 6 nitrogen and oxygen atoms in total. The molecule has 120 valence electrons. The lowest BCUT2D eigenvalue weighted by Crippen LogP contribution is -2.23. The number of amides is 1. The summed E-state index contributed by atoms with van der Waals surface area (Å²) in [4.78, 5) is 34.2. The highest BCUT2D eigenvalue weighted by Crippen LogP contribution is 2.11. The lowest BCUT2D eigenvalue weighted by molar-refractivity contribution is -0.136. The predicted octanol–water partition coefficient (Wildman–Crippen LogP) is 1.73. The Bertz CT molecular complexity index is 765. The van der Waals surface area contributed by atoms with E-state index in [1.165, 1.54) is 12.1 Å². The molecule has 0 radical (unpaired) electrons. The molecule has 0 saturated heterocycles. The Labute approximate surface area is 133 Å². The molecule has 1 aromatic heterocycles. The topological polar surface area (TPSA) is 88.4 Å². The molecule has 0 saturated carbocycles. The summed E-state index contributed by atoms with van der Waals surface area (Å²) in [6, 6.07) is 9.64. The number of pyridine rings is 1. The van der Waals surface area contributed by atoms with Crippen molar-refractivity contribution in [1.82, 2.24) is 4.57 Å². The van der Waals surface area contributed by atoms with E-state index >= 15 is 0 Å². The monoisotopic (exact) mass is 314 g/mol. The van der Waals surface area contributed by atoms with Gasteiger partial charge in [-0.25, -0.2) is 0 Å². The predicted molar refractivity (Wildman–Crippen MR) is 86.6 cm³/mol. The fraction of sp³-hybridized carbons (Fsp3) is 0.235. The summed E-state index contributed by atoms with van der Waals surface area (Å²) in [5.41, 5.74) is 2.64. The van der Waals surface area contributed by atoms with Crippen molar-refractivity contribution in [2.75, 3.05) is 5.32 Å². The first-order valence-corrected chi connectivity index (χ1v) is 7.14. The van der Waals surface area contributed by atoms with Crippen LogP contribution in [0.1, 0.15) is 17.0 Å². The number of carbonyl (C=O) groups is 2. The van der Waals surface area contributed by atoms with E-state index < -0.39 is 5.97 Å². The molecular weight excluding hydrogens is 296 g/mol. The second kappa shape index (κ2) is 6.91. The average molecular weight is 314 g/mol. The molecule has 0 aliphatic heterocycles. The fourth-order valence-electron chi connectivity index (χ4n) is 2.36. The number of nitrogens with one attached hydrogen (secondary N) is 1. The Morgan fingerprint density at radius 2 is 1.65 bits per heavy atom. The van der Waals surface area contributed by atoms with Crippen molar-refractivity contribution in [1.29, 1.82) is 0 Å².